The van der Waals surface area contributed by atoms with Gasteiger partial charge in [-0.3, -0.25) is 14.5 Å². The molecule has 0 atom stereocenters. The molecule has 7 nitrogen and oxygen atoms in total. The predicted molar refractivity (Wildman–Crippen MR) is 117 cm³/mol. The Balaban J connectivity index is 1.45. The van der Waals surface area contributed by atoms with Crippen LogP contribution in [0.3, 0.4) is 0 Å². The summed E-state index contributed by atoms with van der Waals surface area (Å²) in [6, 6.07) is 4.97. The highest BCUT2D eigenvalue weighted by Crippen LogP contribution is 2.36. The number of anilines is 2. The zero-order valence-electron chi connectivity index (χ0n) is 17.4. The van der Waals surface area contributed by atoms with Gasteiger partial charge in [-0.2, -0.15) is 0 Å². The van der Waals surface area contributed by atoms with Gasteiger partial charge in [-0.15, -0.1) is 0 Å². The highest BCUT2D eigenvalue weighted by molar-refractivity contribution is 6.31. The number of hydrogen-bond acceptors (Lipinski definition) is 4. The van der Waals surface area contributed by atoms with Crippen molar-refractivity contribution in [1.82, 2.24) is 10.2 Å². The molecule has 2 N–H and O–H groups in total. The average Bonchev–Trinajstić information content (AvgIpc) is 2.95. The Labute approximate surface area is 182 Å². The lowest BCUT2D eigenvalue weighted by Crippen LogP contribution is -2.49. The van der Waals surface area contributed by atoms with Gasteiger partial charge >= 0.3 is 6.03 Å². The van der Waals surface area contributed by atoms with Crippen molar-refractivity contribution >= 4 is 40.8 Å². The Bertz CT molecular complexity index is 845. The molecular formula is C22H29ClN4O3. The van der Waals surface area contributed by atoms with E-state index in [9.17, 15) is 14.4 Å². The summed E-state index contributed by atoms with van der Waals surface area (Å²) >= 11 is 6.17. The molecule has 0 aromatic heterocycles. The van der Waals surface area contributed by atoms with Crippen LogP contribution in [-0.4, -0.2) is 47.9 Å². The second-order valence-electron chi connectivity index (χ2n) is 8.84. The van der Waals surface area contributed by atoms with Crippen LogP contribution >= 0.6 is 11.6 Å². The minimum absolute atomic E-state index is 0.281. The van der Waals surface area contributed by atoms with Gasteiger partial charge in [-0.25, -0.2) is 4.79 Å². The summed E-state index contributed by atoms with van der Waals surface area (Å²) in [5, 5.41) is 6.26. The van der Waals surface area contributed by atoms with E-state index in [0.717, 1.165) is 49.4 Å². The fourth-order valence-corrected chi connectivity index (χ4v) is 4.94. The summed E-state index contributed by atoms with van der Waals surface area (Å²) in [4.78, 5) is 41.5. The predicted octanol–water partition coefficient (Wildman–Crippen LogP) is 3.77. The van der Waals surface area contributed by atoms with Crippen molar-refractivity contribution in [1.29, 1.82) is 0 Å². The molecule has 0 radical (unpaired) electrons. The molecule has 2 heterocycles. The molecule has 1 aliphatic carbocycles. The zero-order chi connectivity index (χ0) is 21.3. The molecule has 0 bridgehead atoms. The van der Waals surface area contributed by atoms with Crippen LogP contribution in [0, 0.1) is 5.92 Å². The van der Waals surface area contributed by atoms with Gasteiger partial charge in [-0.1, -0.05) is 18.5 Å². The monoisotopic (exact) mass is 432 g/mol. The number of carbonyl (C=O) groups is 3. The Morgan fingerprint density at radius 2 is 1.90 bits per heavy atom. The molecule has 3 fully saturated rings. The lowest BCUT2D eigenvalue weighted by molar-refractivity contribution is -0.135. The van der Waals surface area contributed by atoms with Crippen LogP contribution in [-0.2, 0) is 9.59 Å². The Hall–Kier alpha value is -2.28. The van der Waals surface area contributed by atoms with E-state index in [1.807, 2.05) is 12.1 Å². The van der Waals surface area contributed by atoms with E-state index in [-0.39, 0.29) is 12.5 Å². The van der Waals surface area contributed by atoms with E-state index in [1.54, 1.807) is 6.07 Å². The maximum atomic E-state index is 13.0. The molecule has 30 heavy (non-hydrogen) atoms. The number of rotatable bonds is 4. The van der Waals surface area contributed by atoms with E-state index >= 15 is 0 Å². The molecular weight excluding hydrogens is 404 g/mol. The van der Waals surface area contributed by atoms with Crippen molar-refractivity contribution in [2.24, 2.45) is 5.92 Å². The number of nitrogens with zero attached hydrogens (tertiary/aromatic N) is 2. The SMILES string of the molecule is CC1CCC2(CC1)NC(=O)N(CC(=O)Nc1cc(Cl)ccc1N1CCCCC1)C2=O. The highest BCUT2D eigenvalue weighted by Gasteiger charge is 2.52. The van der Waals surface area contributed by atoms with E-state index in [0.29, 0.717) is 29.5 Å². The third-order valence-electron chi connectivity index (χ3n) is 6.60. The number of imide groups is 1. The van der Waals surface area contributed by atoms with E-state index in [1.165, 1.54) is 6.42 Å². The van der Waals surface area contributed by atoms with Crippen LogP contribution in [0.1, 0.15) is 51.9 Å². The number of carbonyl (C=O) groups excluding carboxylic acids is 3. The van der Waals surface area contributed by atoms with E-state index in [4.69, 9.17) is 11.6 Å². The summed E-state index contributed by atoms with van der Waals surface area (Å²) in [6.45, 7) is 3.72. The van der Waals surface area contributed by atoms with Gasteiger partial charge in [0.25, 0.3) is 5.91 Å². The van der Waals surface area contributed by atoms with Crippen LogP contribution in [0.25, 0.3) is 0 Å². The fourth-order valence-electron chi connectivity index (χ4n) is 4.77. The first-order valence-corrected chi connectivity index (χ1v) is 11.2. The number of halogens is 1. The normalized spacial score (nSPS) is 26.8. The molecule has 0 unspecified atom stereocenters. The summed E-state index contributed by atoms with van der Waals surface area (Å²) in [5.74, 6) is -0.133. The second-order valence-corrected chi connectivity index (χ2v) is 9.28. The van der Waals surface area contributed by atoms with Crippen molar-refractivity contribution in [3.8, 4) is 0 Å². The number of hydrogen-bond donors (Lipinski definition) is 2. The molecule has 4 rings (SSSR count). The van der Waals surface area contributed by atoms with Crippen LogP contribution in [0.4, 0.5) is 16.2 Å². The van der Waals surface area contributed by atoms with Gasteiger partial charge in [0, 0.05) is 18.1 Å². The van der Waals surface area contributed by atoms with Gasteiger partial charge in [0.05, 0.1) is 11.4 Å². The Morgan fingerprint density at radius 3 is 2.60 bits per heavy atom. The molecule has 3 aliphatic rings. The van der Waals surface area contributed by atoms with Gasteiger partial charge in [0.2, 0.25) is 5.91 Å². The first-order chi connectivity index (χ1) is 14.4. The zero-order valence-corrected chi connectivity index (χ0v) is 18.1. The minimum atomic E-state index is -0.834. The lowest BCUT2D eigenvalue weighted by Gasteiger charge is -2.33. The van der Waals surface area contributed by atoms with Gasteiger partial charge in [0.1, 0.15) is 12.1 Å². The maximum Gasteiger partial charge on any atom is 0.325 e. The quantitative estimate of drug-likeness (QED) is 0.709. The topological polar surface area (TPSA) is 81.8 Å². The molecule has 4 amide bonds. The molecule has 1 saturated carbocycles. The molecule has 2 aliphatic heterocycles. The van der Waals surface area contributed by atoms with Crippen LogP contribution in [0.5, 0.6) is 0 Å². The van der Waals surface area contributed by atoms with Crippen molar-refractivity contribution in [3.05, 3.63) is 23.2 Å². The first kappa shape index (κ1) is 21.0. The van der Waals surface area contributed by atoms with E-state index in [2.05, 4.69) is 22.5 Å². The van der Waals surface area contributed by atoms with Gasteiger partial charge in [0.15, 0.2) is 0 Å². The Morgan fingerprint density at radius 1 is 1.20 bits per heavy atom. The molecule has 8 heteroatoms. The van der Waals surface area contributed by atoms with Crippen LogP contribution in [0.2, 0.25) is 5.02 Å². The highest BCUT2D eigenvalue weighted by atomic mass is 35.5. The van der Waals surface area contributed by atoms with Crippen molar-refractivity contribution < 1.29 is 14.4 Å². The fraction of sp³-hybridized carbons (Fsp3) is 0.591. The maximum absolute atomic E-state index is 13.0. The van der Waals surface area contributed by atoms with Crippen LogP contribution in [0.15, 0.2) is 18.2 Å². The number of urea groups is 1. The minimum Gasteiger partial charge on any atom is -0.370 e. The first-order valence-electron chi connectivity index (χ1n) is 10.9. The number of amides is 4. The summed E-state index contributed by atoms with van der Waals surface area (Å²) in [5.41, 5.74) is 0.698. The smallest absolute Gasteiger partial charge is 0.325 e. The third kappa shape index (κ3) is 4.13. The van der Waals surface area contributed by atoms with Crippen LogP contribution < -0.4 is 15.5 Å². The lowest BCUT2D eigenvalue weighted by atomic mass is 9.77. The summed E-state index contributed by atoms with van der Waals surface area (Å²) in [7, 11) is 0. The summed E-state index contributed by atoms with van der Waals surface area (Å²) in [6.07, 6.45) is 6.48. The summed E-state index contributed by atoms with van der Waals surface area (Å²) < 4.78 is 0. The van der Waals surface area contributed by atoms with Gasteiger partial charge in [-0.05, 0) is 69.1 Å². The molecule has 1 aromatic carbocycles. The molecule has 1 aromatic rings. The largest absolute Gasteiger partial charge is 0.370 e. The molecule has 1 spiro atoms. The Kier molecular flexibility index (Phi) is 5.91. The second kappa shape index (κ2) is 8.46. The number of benzene rings is 1. The number of piperidine rings is 1. The molecule has 2 saturated heterocycles. The van der Waals surface area contributed by atoms with Gasteiger partial charge < -0.3 is 15.5 Å². The third-order valence-corrected chi connectivity index (χ3v) is 6.84. The van der Waals surface area contributed by atoms with Crippen molar-refractivity contribution in [2.45, 2.75) is 57.4 Å². The van der Waals surface area contributed by atoms with Crippen molar-refractivity contribution in [2.75, 3.05) is 29.9 Å². The van der Waals surface area contributed by atoms with E-state index < -0.39 is 17.5 Å². The van der Waals surface area contributed by atoms with Crippen molar-refractivity contribution in [3.63, 3.8) is 0 Å². The molecule has 162 valence electrons. The number of nitrogens with one attached hydrogen (secondary N) is 2. The average molecular weight is 433 g/mol. The standard InChI is InChI=1S/C22H29ClN4O3/c1-15-7-9-22(10-8-15)20(29)27(21(30)25-22)14-19(28)24-17-13-16(23)5-6-18(17)26-11-3-2-4-12-26/h5-6,13,15H,2-4,7-12,14H2,1H3,(H,24,28)(H,25,30).